The molecule has 2 aliphatic carbocycles. The summed E-state index contributed by atoms with van der Waals surface area (Å²) in [5.74, 6) is 0.930. The summed E-state index contributed by atoms with van der Waals surface area (Å²) in [5.41, 5.74) is -0.369. The van der Waals surface area contributed by atoms with E-state index < -0.39 is 0 Å². The second kappa shape index (κ2) is 7.10. The van der Waals surface area contributed by atoms with E-state index in [0.717, 1.165) is 44.6 Å². The molecule has 3 rings (SSSR count). The lowest BCUT2D eigenvalue weighted by Crippen LogP contribution is -2.46. The normalized spacial score (nSPS) is 35.8. The second-order valence-electron chi connectivity index (χ2n) is 8.72. The van der Waals surface area contributed by atoms with E-state index in [-0.39, 0.29) is 17.5 Å². The number of rotatable bonds is 4. The highest BCUT2D eigenvalue weighted by molar-refractivity contribution is 5.73. The van der Waals surface area contributed by atoms with Crippen LogP contribution >= 0.6 is 0 Å². The highest BCUT2D eigenvalue weighted by atomic mass is 16.6. The Morgan fingerprint density at radius 2 is 1.70 bits per heavy atom. The van der Waals surface area contributed by atoms with Gasteiger partial charge in [-0.2, -0.15) is 0 Å². The van der Waals surface area contributed by atoms with Crippen LogP contribution in [0.25, 0.3) is 0 Å². The molecule has 1 aliphatic heterocycles. The van der Waals surface area contributed by atoms with Crippen LogP contribution in [0, 0.1) is 11.8 Å². The van der Waals surface area contributed by atoms with Crippen molar-refractivity contribution in [2.24, 2.45) is 11.8 Å². The fourth-order valence-corrected chi connectivity index (χ4v) is 3.99. The van der Waals surface area contributed by atoms with E-state index in [0.29, 0.717) is 18.2 Å². The van der Waals surface area contributed by atoms with E-state index in [9.17, 15) is 4.79 Å². The van der Waals surface area contributed by atoms with E-state index in [1.165, 1.54) is 19.3 Å². The third-order valence-corrected chi connectivity index (χ3v) is 5.40. The van der Waals surface area contributed by atoms with Crippen molar-refractivity contribution < 1.29 is 14.3 Å². The molecule has 1 N–H and O–H groups in total. The standard InChI is InChI=1S/C19H33NO3/c1-19(2,3)23-18(21)14-6-8-15(9-7-14)20-16-10-11-22-17(12-16)13-4-5-13/h13-17,20H,4-12H2,1-3H3. The van der Waals surface area contributed by atoms with Gasteiger partial charge in [-0.3, -0.25) is 4.79 Å². The quantitative estimate of drug-likeness (QED) is 0.805. The second-order valence-corrected chi connectivity index (χ2v) is 8.72. The number of hydrogen-bond acceptors (Lipinski definition) is 4. The molecule has 0 spiro atoms. The average Bonchev–Trinajstić information content (AvgIpc) is 3.31. The van der Waals surface area contributed by atoms with E-state index in [1.807, 2.05) is 20.8 Å². The van der Waals surface area contributed by atoms with E-state index >= 15 is 0 Å². The Kier molecular flexibility index (Phi) is 5.32. The Labute approximate surface area is 140 Å². The summed E-state index contributed by atoms with van der Waals surface area (Å²) in [7, 11) is 0. The molecular formula is C19H33NO3. The van der Waals surface area contributed by atoms with Gasteiger partial charge in [-0.1, -0.05) is 0 Å². The van der Waals surface area contributed by atoms with Crippen molar-refractivity contribution in [3.05, 3.63) is 0 Å². The Balaban J connectivity index is 1.39. The minimum atomic E-state index is -0.369. The summed E-state index contributed by atoms with van der Waals surface area (Å²) in [6.45, 7) is 6.74. The fourth-order valence-electron chi connectivity index (χ4n) is 3.99. The van der Waals surface area contributed by atoms with Crippen LogP contribution in [0.2, 0.25) is 0 Å². The third kappa shape index (κ3) is 5.18. The minimum Gasteiger partial charge on any atom is -0.460 e. The molecule has 3 aliphatic rings. The predicted molar refractivity (Wildman–Crippen MR) is 90.2 cm³/mol. The first-order valence-electron chi connectivity index (χ1n) is 9.51. The summed E-state index contributed by atoms with van der Waals surface area (Å²) in [6.07, 6.45) is 9.64. The molecule has 0 radical (unpaired) electrons. The molecular weight excluding hydrogens is 290 g/mol. The van der Waals surface area contributed by atoms with Crippen molar-refractivity contribution in [3.8, 4) is 0 Å². The van der Waals surface area contributed by atoms with Crippen LogP contribution < -0.4 is 5.32 Å². The Morgan fingerprint density at radius 1 is 1.00 bits per heavy atom. The lowest BCUT2D eigenvalue weighted by molar-refractivity contribution is -0.161. The molecule has 0 aromatic heterocycles. The number of carbonyl (C=O) groups excluding carboxylic acids is 1. The molecule has 1 heterocycles. The van der Waals surface area contributed by atoms with Crippen LogP contribution in [0.1, 0.15) is 72.1 Å². The van der Waals surface area contributed by atoms with E-state index in [1.54, 1.807) is 0 Å². The van der Waals surface area contributed by atoms with E-state index in [4.69, 9.17) is 9.47 Å². The summed E-state index contributed by atoms with van der Waals surface area (Å²) < 4.78 is 11.4. The summed E-state index contributed by atoms with van der Waals surface area (Å²) in [5, 5.41) is 3.85. The van der Waals surface area contributed by atoms with Gasteiger partial charge in [0.1, 0.15) is 5.60 Å². The Bertz CT molecular complexity index is 405. The smallest absolute Gasteiger partial charge is 0.309 e. The fraction of sp³-hybridized carbons (Fsp3) is 0.947. The maximum Gasteiger partial charge on any atom is 0.309 e. The first kappa shape index (κ1) is 17.2. The number of hydrogen-bond donors (Lipinski definition) is 1. The molecule has 2 saturated carbocycles. The lowest BCUT2D eigenvalue weighted by Gasteiger charge is -2.36. The van der Waals surface area contributed by atoms with Gasteiger partial charge >= 0.3 is 5.97 Å². The molecule has 2 atom stereocenters. The van der Waals surface area contributed by atoms with Gasteiger partial charge in [-0.15, -0.1) is 0 Å². The summed E-state index contributed by atoms with van der Waals surface area (Å²) in [4.78, 5) is 12.2. The van der Waals surface area contributed by atoms with E-state index in [2.05, 4.69) is 5.32 Å². The van der Waals surface area contributed by atoms with Crippen LogP contribution in [-0.2, 0) is 14.3 Å². The zero-order valence-electron chi connectivity index (χ0n) is 15.0. The monoisotopic (exact) mass is 323 g/mol. The molecule has 0 aromatic carbocycles. The van der Waals surface area contributed by atoms with Crippen molar-refractivity contribution in [2.75, 3.05) is 6.61 Å². The van der Waals surface area contributed by atoms with Gasteiger partial charge in [0.15, 0.2) is 0 Å². The average molecular weight is 323 g/mol. The molecule has 132 valence electrons. The maximum atomic E-state index is 12.2. The third-order valence-electron chi connectivity index (χ3n) is 5.40. The number of carbonyl (C=O) groups is 1. The molecule has 0 bridgehead atoms. The molecule has 1 saturated heterocycles. The topological polar surface area (TPSA) is 47.6 Å². The van der Waals surface area contributed by atoms with Crippen LogP contribution in [-0.4, -0.2) is 36.4 Å². The van der Waals surface area contributed by atoms with Crippen molar-refractivity contribution in [2.45, 2.75) is 95.9 Å². The Hall–Kier alpha value is -0.610. The molecule has 3 fully saturated rings. The van der Waals surface area contributed by atoms with Gasteiger partial charge in [0.05, 0.1) is 12.0 Å². The lowest BCUT2D eigenvalue weighted by atomic mass is 9.85. The maximum absolute atomic E-state index is 12.2. The number of esters is 1. The molecule has 0 aromatic rings. The highest BCUT2D eigenvalue weighted by Crippen LogP contribution is 2.38. The van der Waals surface area contributed by atoms with Crippen molar-refractivity contribution in [1.82, 2.24) is 5.32 Å². The summed E-state index contributed by atoms with van der Waals surface area (Å²) >= 11 is 0. The van der Waals surface area contributed by atoms with Gasteiger partial charge < -0.3 is 14.8 Å². The Morgan fingerprint density at radius 3 is 2.30 bits per heavy atom. The SMILES string of the molecule is CC(C)(C)OC(=O)C1CCC(NC2CCOC(C3CC3)C2)CC1. The van der Waals surface area contributed by atoms with Crippen LogP contribution in [0.4, 0.5) is 0 Å². The van der Waals surface area contributed by atoms with Crippen LogP contribution in [0.5, 0.6) is 0 Å². The summed E-state index contributed by atoms with van der Waals surface area (Å²) in [6, 6.07) is 1.18. The van der Waals surface area contributed by atoms with Crippen LogP contribution in [0.15, 0.2) is 0 Å². The molecule has 23 heavy (non-hydrogen) atoms. The highest BCUT2D eigenvalue weighted by Gasteiger charge is 2.37. The minimum absolute atomic E-state index is 0.00388. The van der Waals surface area contributed by atoms with Crippen LogP contribution in [0.3, 0.4) is 0 Å². The molecule has 4 heteroatoms. The van der Waals surface area contributed by atoms with Gasteiger partial charge in [-0.05, 0) is 78.1 Å². The van der Waals surface area contributed by atoms with Crippen molar-refractivity contribution >= 4 is 5.97 Å². The van der Waals surface area contributed by atoms with Gasteiger partial charge in [0, 0.05) is 18.7 Å². The predicted octanol–water partition coefficient (Wildman–Crippen LogP) is 3.43. The first-order valence-corrected chi connectivity index (χ1v) is 9.51. The number of nitrogens with one attached hydrogen (secondary N) is 1. The zero-order chi connectivity index (χ0) is 16.4. The molecule has 0 amide bonds. The first-order chi connectivity index (χ1) is 10.9. The molecule has 2 unspecified atom stereocenters. The number of ether oxygens (including phenoxy) is 2. The van der Waals surface area contributed by atoms with Crippen molar-refractivity contribution in [1.29, 1.82) is 0 Å². The van der Waals surface area contributed by atoms with Gasteiger partial charge in [-0.25, -0.2) is 0 Å². The zero-order valence-corrected chi connectivity index (χ0v) is 15.0. The van der Waals surface area contributed by atoms with Crippen molar-refractivity contribution in [3.63, 3.8) is 0 Å². The van der Waals surface area contributed by atoms with Gasteiger partial charge in [0.25, 0.3) is 0 Å². The largest absolute Gasteiger partial charge is 0.460 e. The van der Waals surface area contributed by atoms with Gasteiger partial charge in [0.2, 0.25) is 0 Å². The molecule has 4 nitrogen and oxygen atoms in total.